The quantitative estimate of drug-likeness (QED) is 0.511. The maximum Gasteiger partial charge on any atom is 0.355 e. The predicted molar refractivity (Wildman–Crippen MR) is 112 cm³/mol. The van der Waals surface area contributed by atoms with E-state index in [-0.39, 0.29) is 22.9 Å². The number of aromatic amines is 1. The van der Waals surface area contributed by atoms with Gasteiger partial charge in [-0.05, 0) is 57.9 Å². The molecule has 2 N–H and O–H groups in total. The Morgan fingerprint density at radius 3 is 2.32 bits per heavy atom. The lowest BCUT2D eigenvalue weighted by atomic mass is 10.1. The number of hydrogen-bond donors (Lipinski definition) is 2. The van der Waals surface area contributed by atoms with E-state index in [2.05, 4.69) is 15.0 Å². The lowest BCUT2D eigenvalue weighted by molar-refractivity contribution is -0.119. The number of carbonyl (C=O) groups excluding carboxylic acids is 4. The van der Waals surface area contributed by atoms with Gasteiger partial charge in [-0.15, -0.1) is 0 Å². The highest BCUT2D eigenvalue weighted by molar-refractivity contribution is 6.00. The fraction of sp³-hybridized carbons (Fsp3) is 0.364. The summed E-state index contributed by atoms with van der Waals surface area (Å²) in [5.41, 5.74) is 2.58. The number of H-pyrrole nitrogens is 1. The van der Waals surface area contributed by atoms with Gasteiger partial charge in [-0.2, -0.15) is 0 Å². The van der Waals surface area contributed by atoms with Crippen molar-refractivity contribution < 1.29 is 33.4 Å². The highest BCUT2D eigenvalue weighted by Crippen LogP contribution is 2.21. The Bertz CT molecular complexity index is 1020. The minimum absolute atomic E-state index is 0.0740. The molecule has 1 heterocycles. The van der Waals surface area contributed by atoms with Crippen molar-refractivity contribution >= 4 is 29.5 Å². The average Bonchev–Trinajstić information content (AvgIpc) is 3.00. The van der Waals surface area contributed by atoms with Gasteiger partial charge in [-0.3, -0.25) is 4.79 Å². The second-order valence-electron chi connectivity index (χ2n) is 7.22. The number of anilines is 1. The summed E-state index contributed by atoms with van der Waals surface area (Å²) in [6, 6.07) is 4.72. The average molecular weight is 430 g/mol. The summed E-state index contributed by atoms with van der Waals surface area (Å²) >= 11 is 0. The van der Waals surface area contributed by atoms with E-state index in [1.165, 1.54) is 13.2 Å². The summed E-state index contributed by atoms with van der Waals surface area (Å²) in [4.78, 5) is 51.4. The number of ether oxygens (including phenoxy) is 3. The summed E-state index contributed by atoms with van der Waals surface area (Å²) in [5, 5.41) is 2.60. The van der Waals surface area contributed by atoms with E-state index in [0.29, 0.717) is 16.9 Å². The molecule has 2 aromatic rings. The van der Waals surface area contributed by atoms with Crippen LogP contribution in [0.1, 0.15) is 61.9 Å². The van der Waals surface area contributed by atoms with Crippen molar-refractivity contribution in [3.8, 4) is 0 Å². The molecule has 0 fully saturated rings. The first-order chi connectivity index (χ1) is 14.5. The largest absolute Gasteiger partial charge is 0.465 e. The monoisotopic (exact) mass is 430 g/mol. The van der Waals surface area contributed by atoms with Gasteiger partial charge in [-0.25, -0.2) is 14.4 Å². The Balaban J connectivity index is 2.06. The van der Waals surface area contributed by atoms with Crippen molar-refractivity contribution in [2.75, 3.05) is 19.0 Å². The Morgan fingerprint density at radius 2 is 1.71 bits per heavy atom. The summed E-state index contributed by atoms with van der Waals surface area (Å²) in [5.74, 6) is -2.44. The van der Waals surface area contributed by atoms with Crippen LogP contribution in [0.15, 0.2) is 18.2 Å². The van der Waals surface area contributed by atoms with Gasteiger partial charge in [0.05, 0.1) is 24.3 Å². The van der Waals surface area contributed by atoms with Gasteiger partial charge in [0.25, 0.3) is 5.91 Å². The Labute approximate surface area is 180 Å². The zero-order chi connectivity index (χ0) is 23.3. The van der Waals surface area contributed by atoms with Crippen LogP contribution < -0.4 is 5.32 Å². The standard InChI is InChI=1S/C22H26N2O7/c1-11(2)31-21(27)18-13(4)19(23-14(18)5)22(28)30-10-17(25)24-16-9-15(20(26)29-6)8-7-12(16)3/h7-9,11,23H,10H2,1-6H3,(H,24,25). The predicted octanol–water partition coefficient (Wildman–Crippen LogP) is 3.09. The van der Waals surface area contributed by atoms with Gasteiger partial charge >= 0.3 is 17.9 Å². The first-order valence-electron chi connectivity index (χ1n) is 9.61. The normalized spacial score (nSPS) is 10.5. The molecule has 31 heavy (non-hydrogen) atoms. The summed E-state index contributed by atoms with van der Waals surface area (Å²) in [6.07, 6.45) is -0.304. The fourth-order valence-corrected chi connectivity index (χ4v) is 2.92. The van der Waals surface area contributed by atoms with Gasteiger partial charge < -0.3 is 24.5 Å². The van der Waals surface area contributed by atoms with Crippen molar-refractivity contribution in [3.63, 3.8) is 0 Å². The second-order valence-corrected chi connectivity index (χ2v) is 7.22. The van der Waals surface area contributed by atoms with Crippen LogP contribution >= 0.6 is 0 Å². The Morgan fingerprint density at radius 1 is 1.03 bits per heavy atom. The number of carbonyl (C=O) groups is 4. The van der Waals surface area contributed by atoms with Crippen molar-refractivity contribution in [1.82, 2.24) is 4.98 Å². The van der Waals surface area contributed by atoms with Crippen LogP contribution in [-0.4, -0.2) is 48.6 Å². The minimum atomic E-state index is -0.778. The maximum absolute atomic E-state index is 12.4. The molecular weight excluding hydrogens is 404 g/mol. The number of amides is 1. The van der Waals surface area contributed by atoms with Crippen molar-refractivity contribution in [2.24, 2.45) is 0 Å². The van der Waals surface area contributed by atoms with Crippen LogP contribution in [0.5, 0.6) is 0 Å². The SMILES string of the molecule is COC(=O)c1ccc(C)c(NC(=O)COC(=O)c2[nH]c(C)c(C(=O)OC(C)C)c2C)c1. The zero-order valence-corrected chi connectivity index (χ0v) is 18.4. The van der Waals surface area contributed by atoms with Crippen molar-refractivity contribution in [3.05, 3.63) is 51.8 Å². The van der Waals surface area contributed by atoms with Crippen LogP contribution in [-0.2, 0) is 19.0 Å². The number of benzene rings is 1. The third kappa shape index (κ3) is 5.71. The molecule has 0 saturated heterocycles. The maximum atomic E-state index is 12.4. The molecule has 0 spiro atoms. The van der Waals surface area contributed by atoms with Crippen LogP contribution in [0.4, 0.5) is 5.69 Å². The number of methoxy groups -OCH3 is 1. The molecule has 0 aliphatic rings. The van der Waals surface area contributed by atoms with E-state index in [1.54, 1.807) is 46.8 Å². The molecule has 1 aromatic heterocycles. The van der Waals surface area contributed by atoms with E-state index in [4.69, 9.17) is 9.47 Å². The van der Waals surface area contributed by atoms with Gasteiger partial charge in [0, 0.05) is 11.4 Å². The van der Waals surface area contributed by atoms with E-state index in [0.717, 1.165) is 5.56 Å². The number of aryl methyl sites for hydroxylation is 2. The minimum Gasteiger partial charge on any atom is -0.465 e. The Kier molecular flexibility index (Phi) is 7.57. The number of nitrogens with one attached hydrogen (secondary N) is 2. The number of esters is 3. The first kappa shape index (κ1) is 23.7. The van der Waals surface area contributed by atoms with Gasteiger partial charge in [0.1, 0.15) is 5.69 Å². The van der Waals surface area contributed by atoms with Crippen LogP contribution in [0.2, 0.25) is 0 Å². The molecule has 9 nitrogen and oxygen atoms in total. The van der Waals surface area contributed by atoms with Crippen molar-refractivity contribution in [2.45, 2.75) is 40.7 Å². The topological polar surface area (TPSA) is 124 Å². The molecule has 0 saturated carbocycles. The molecule has 9 heteroatoms. The molecule has 0 radical (unpaired) electrons. The summed E-state index contributed by atoms with van der Waals surface area (Å²) in [7, 11) is 1.26. The lowest BCUT2D eigenvalue weighted by Gasteiger charge is -2.10. The van der Waals surface area contributed by atoms with Crippen LogP contribution in [0.3, 0.4) is 0 Å². The number of hydrogen-bond acceptors (Lipinski definition) is 7. The highest BCUT2D eigenvalue weighted by atomic mass is 16.5. The third-order valence-electron chi connectivity index (χ3n) is 4.46. The second kappa shape index (κ2) is 9.92. The van der Waals surface area contributed by atoms with Gasteiger partial charge in [0.2, 0.25) is 0 Å². The molecule has 2 rings (SSSR count). The summed E-state index contributed by atoms with van der Waals surface area (Å²) in [6.45, 7) is 7.90. The van der Waals surface area contributed by atoms with Gasteiger partial charge in [0.15, 0.2) is 6.61 Å². The molecule has 0 bridgehead atoms. The molecule has 1 aromatic carbocycles. The van der Waals surface area contributed by atoms with Gasteiger partial charge in [-0.1, -0.05) is 6.07 Å². The summed E-state index contributed by atoms with van der Waals surface area (Å²) < 4.78 is 14.9. The lowest BCUT2D eigenvalue weighted by Crippen LogP contribution is -2.22. The molecular formula is C22H26N2O7. The number of rotatable bonds is 7. The van der Waals surface area contributed by atoms with E-state index < -0.39 is 30.4 Å². The van der Waals surface area contributed by atoms with E-state index in [1.807, 2.05) is 0 Å². The zero-order valence-electron chi connectivity index (χ0n) is 18.4. The van der Waals surface area contributed by atoms with Crippen molar-refractivity contribution in [1.29, 1.82) is 0 Å². The molecule has 0 aliphatic heterocycles. The molecule has 166 valence electrons. The molecule has 0 unspecified atom stereocenters. The molecule has 0 aliphatic carbocycles. The molecule has 0 atom stereocenters. The van der Waals surface area contributed by atoms with Crippen LogP contribution in [0, 0.1) is 20.8 Å². The highest BCUT2D eigenvalue weighted by Gasteiger charge is 2.25. The van der Waals surface area contributed by atoms with E-state index >= 15 is 0 Å². The van der Waals surface area contributed by atoms with Crippen LogP contribution in [0.25, 0.3) is 0 Å². The first-order valence-corrected chi connectivity index (χ1v) is 9.61. The fourth-order valence-electron chi connectivity index (χ4n) is 2.92. The van der Waals surface area contributed by atoms with E-state index in [9.17, 15) is 19.2 Å². The Hall–Kier alpha value is -3.62. The molecule has 1 amide bonds. The third-order valence-corrected chi connectivity index (χ3v) is 4.46. The number of aromatic nitrogens is 1. The smallest absolute Gasteiger partial charge is 0.355 e.